The molecular formula is C16H32N4O. The molecule has 2 rings (SSSR count). The lowest BCUT2D eigenvalue weighted by Gasteiger charge is -2.39. The van der Waals surface area contributed by atoms with Crippen LogP contribution in [0.5, 0.6) is 0 Å². The molecule has 2 fully saturated rings. The van der Waals surface area contributed by atoms with Crippen LogP contribution in [0, 0.1) is 0 Å². The maximum Gasteiger partial charge on any atom is 0.237 e. The Kier molecular flexibility index (Phi) is 5.63. The van der Waals surface area contributed by atoms with Gasteiger partial charge in [-0.05, 0) is 65.3 Å². The van der Waals surface area contributed by atoms with Crippen molar-refractivity contribution >= 4 is 5.91 Å². The van der Waals surface area contributed by atoms with Gasteiger partial charge in [0.05, 0.1) is 5.54 Å². The molecule has 0 aromatic rings. The van der Waals surface area contributed by atoms with Gasteiger partial charge in [-0.3, -0.25) is 4.79 Å². The molecule has 0 spiro atoms. The van der Waals surface area contributed by atoms with Gasteiger partial charge in [-0.25, -0.2) is 0 Å². The van der Waals surface area contributed by atoms with Crippen molar-refractivity contribution in [1.29, 1.82) is 0 Å². The average Bonchev–Trinajstić information content (AvgIpc) is 2.93. The van der Waals surface area contributed by atoms with E-state index >= 15 is 0 Å². The van der Waals surface area contributed by atoms with Crippen LogP contribution in [0.4, 0.5) is 0 Å². The number of nitrogens with two attached hydrogens (primary N) is 1. The van der Waals surface area contributed by atoms with Gasteiger partial charge in [0.2, 0.25) is 5.91 Å². The number of likely N-dealkylation sites (N-methyl/N-ethyl adjacent to an activating group) is 1. The number of carbonyl (C=O) groups is 1. The molecule has 1 aliphatic carbocycles. The van der Waals surface area contributed by atoms with Gasteiger partial charge in [0.15, 0.2) is 0 Å². The molecule has 0 aromatic heterocycles. The lowest BCUT2D eigenvalue weighted by Crippen LogP contribution is -2.55. The number of hydrogen-bond acceptors (Lipinski definition) is 4. The van der Waals surface area contributed by atoms with Crippen molar-refractivity contribution < 1.29 is 4.79 Å². The molecule has 0 aromatic carbocycles. The zero-order chi connectivity index (χ0) is 15.5. The third-order valence-electron chi connectivity index (χ3n) is 5.63. The van der Waals surface area contributed by atoms with E-state index < -0.39 is 5.54 Å². The van der Waals surface area contributed by atoms with Crippen molar-refractivity contribution in [3.05, 3.63) is 0 Å². The highest BCUT2D eigenvalue weighted by atomic mass is 16.1. The minimum absolute atomic E-state index is 0.180. The first kappa shape index (κ1) is 16.7. The minimum atomic E-state index is -0.474. The highest BCUT2D eigenvalue weighted by Crippen LogP contribution is 2.34. The Hall–Kier alpha value is -0.650. The number of likely N-dealkylation sites (tertiary alicyclic amines) is 1. The first-order valence-corrected chi connectivity index (χ1v) is 8.51. The molecule has 1 aliphatic heterocycles. The number of rotatable bonds is 6. The summed E-state index contributed by atoms with van der Waals surface area (Å²) in [4.78, 5) is 16.9. The summed E-state index contributed by atoms with van der Waals surface area (Å²) in [6, 6.07) is 1.14. The maximum absolute atomic E-state index is 11.9. The van der Waals surface area contributed by atoms with Crippen LogP contribution in [0.2, 0.25) is 0 Å². The van der Waals surface area contributed by atoms with E-state index in [0.717, 1.165) is 32.4 Å². The second kappa shape index (κ2) is 7.07. The molecule has 2 atom stereocenters. The van der Waals surface area contributed by atoms with Crippen molar-refractivity contribution in [2.24, 2.45) is 5.73 Å². The zero-order valence-electron chi connectivity index (χ0n) is 13.9. The van der Waals surface area contributed by atoms with Gasteiger partial charge in [-0.1, -0.05) is 13.8 Å². The van der Waals surface area contributed by atoms with E-state index in [0.29, 0.717) is 12.1 Å². The van der Waals surface area contributed by atoms with Gasteiger partial charge in [0, 0.05) is 12.1 Å². The highest BCUT2D eigenvalue weighted by molar-refractivity contribution is 5.85. The Labute approximate surface area is 129 Å². The van der Waals surface area contributed by atoms with Crippen molar-refractivity contribution in [3.63, 3.8) is 0 Å². The molecule has 2 unspecified atom stereocenters. The van der Waals surface area contributed by atoms with E-state index in [1.54, 1.807) is 0 Å². The Balaban J connectivity index is 1.92. The Bertz CT molecular complexity index is 354. The van der Waals surface area contributed by atoms with Gasteiger partial charge < -0.3 is 20.9 Å². The summed E-state index contributed by atoms with van der Waals surface area (Å²) in [6.07, 6.45) is 5.29. The molecule has 3 N–H and O–H groups in total. The van der Waals surface area contributed by atoms with E-state index in [2.05, 4.69) is 29.1 Å². The van der Waals surface area contributed by atoms with E-state index in [1.165, 1.54) is 25.9 Å². The fraction of sp³-hybridized carbons (Fsp3) is 0.938. The lowest BCUT2D eigenvalue weighted by atomic mass is 9.95. The normalized spacial score (nSPS) is 31.9. The van der Waals surface area contributed by atoms with E-state index in [-0.39, 0.29) is 5.91 Å². The monoisotopic (exact) mass is 296 g/mol. The van der Waals surface area contributed by atoms with E-state index in [9.17, 15) is 4.79 Å². The van der Waals surface area contributed by atoms with E-state index in [4.69, 9.17) is 5.73 Å². The Morgan fingerprint density at radius 3 is 2.48 bits per heavy atom. The molecule has 5 heteroatoms. The SMILES string of the molecule is CCNC1(C(N)=O)CCC(N(C)C2CCN(CC)CC2)C1. The smallest absolute Gasteiger partial charge is 0.237 e. The number of nitrogens with zero attached hydrogens (tertiary/aromatic N) is 2. The molecule has 2 aliphatic rings. The topological polar surface area (TPSA) is 61.6 Å². The van der Waals surface area contributed by atoms with Crippen LogP contribution >= 0.6 is 0 Å². The second-order valence-electron chi connectivity index (χ2n) is 6.70. The van der Waals surface area contributed by atoms with Crippen LogP contribution in [0.15, 0.2) is 0 Å². The van der Waals surface area contributed by atoms with Crippen LogP contribution in [-0.2, 0) is 4.79 Å². The molecular weight excluding hydrogens is 264 g/mol. The Morgan fingerprint density at radius 2 is 1.95 bits per heavy atom. The van der Waals surface area contributed by atoms with Gasteiger partial charge >= 0.3 is 0 Å². The van der Waals surface area contributed by atoms with Crippen molar-refractivity contribution in [2.75, 3.05) is 33.2 Å². The third-order valence-corrected chi connectivity index (χ3v) is 5.63. The summed E-state index contributed by atoms with van der Waals surface area (Å²) in [6.45, 7) is 8.64. The summed E-state index contributed by atoms with van der Waals surface area (Å²) in [5, 5.41) is 3.35. The standard InChI is InChI=1S/C16H32N4O/c1-4-18-16(15(17)21)9-6-14(12-16)19(3)13-7-10-20(5-2)11-8-13/h13-14,18H,4-12H2,1-3H3,(H2,17,21). The summed E-state index contributed by atoms with van der Waals surface area (Å²) < 4.78 is 0. The predicted octanol–water partition coefficient (Wildman–Crippen LogP) is 0.789. The third kappa shape index (κ3) is 3.58. The zero-order valence-corrected chi connectivity index (χ0v) is 13.9. The summed E-state index contributed by atoms with van der Waals surface area (Å²) in [7, 11) is 2.24. The van der Waals surface area contributed by atoms with Crippen LogP contribution in [0.1, 0.15) is 46.0 Å². The summed E-state index contributed by atoms with van der Waals surface area (Å²) >= 11 is 0. The molecule has 1 saturated heterocycles. The largest absolute Gasteiger partial charge is 0.368 e. The molecule has 5 nitrogen and oxygen atoms in total. The molecule has 1 heterocycles. The second-order valence-corrected chi connectivity index (χ2v) is 6.70. The fourth-order valence-electron chi connectivity index (χ4n) is 4.12. The summed E-state index contributed by atoms with van der Waals surface area (Å²) in [5.74, 6) is -0.180. The van der Waals surface area contributed by atoms with E-state index in [1.807, 2.05) is 6.92 Å². The lowest BCUT2D eigenvalue weighted by molar-refractivity contribution is -0.124. The van der Waals surface area contributed by atoms with Crippen molar-refractivity contribution in [3.8, 4) is 0 Å². The molecule has 1 amide bonds. The van der Waals surface area contributed by atoms with Crippen molar-refractivity contribution in [1.82, 2.24) is 15.1 Å². The van der Waals surface area contributed by atoms with Gasteiger partial charge in [-0.15, -0.1) is 0 Å². The maximum atomic E-state index is 11.9. The van der Waals surface area contributed by atoms with Crippen molar-refractivity contribution in [2.45, 2.75) is 63.6 Å². The number of amides is 1. The molecule has 0 radical (unpaired) electrons. The first-order valence-electron chi connectivity index (χ1n) is 8.51. The quantitative estimate of drug-likeness (QED) is 0.761. The summed E-state index contributed by atoms with van der Waals surface area (Å²) in [5.41, 5.74) is 5.19. The Morgan fingerprint density at radius 1 is 1.29 bits per heavy atom. The van der Waals surface area contributed by atoms with Gasteiger partial charge in [0.1, 0.15) is 0 Å². The van der Waals surface area contributed by atoms with Crippen LogP contribution in [-0.4, -0.2) is 66.6 Å². The highest BCUT2D eigenvalue weighted by Gasteiger charge is 2.45. The van der Waals surface area contributed by atoms with Gasteiger partial charge in [-0.2, -0.15) is 0 Å². The number of hydrogen-bond donors (Lipinski definition) is 2. The molecule has 1 saturated carbocycles. The molecule has 122 valence electrons. The number of carbonyl (C=O) groups excluding carboxylic acids is 1. The predicted molar refractivity (Wildman–Crippen MR) is 86.1 cm³/mol. The fourth-order valence-corrected chi connectivity index (χ4v) is 4.12. The molecule has 21 heavy (non-hydrogen) atoms. The first-order chi connectivity index (χ1) is 10.0. The number of piperidine rings is 1. The van der Waals surface area contributed by atoms with Crippen LogP contribution in [0.3, 0.4) is 0 Å². The van der Waals surface area contributed by atoms with Gasteiger partial charge in [0.25, 0.3) is 0 Å². The van der Waals surface area contributed by atoms with Crippen LogP contribution in [0.25, 0.3) is 0 Å². The number of primary amides is 1. The average molecular weight is 296 g/mol. The number of nitrogens with one attached hydrogen (secondary N) is 1. The molecule has 0 bridgehead atoms. The minimum Gasteiger partial charge on any atom is -0.368 e. The van der Waals surface area contributed by atoms with Crippen LogP contribution < -0.4 is 11.1 Å².